The molecule has 3 N–H and O–H groups in total. The van der Waals surface area contributed by atoms with Crippen LogP contribution in [0.5, 0.6) is 0 Å². The Labute approximate surface area is 117 Å². The Kier molecular flexibility index (Phi) is 4.68. The minimum Gasteiger partial charge on any atom is -0.308 e. The highest BCUT2D eigenvalue weighted by Gasteiger charge is 2.07. The van der Waals surface area contributed by atoms with Crippen LogP contribution in [0.2, 0.25) is 5.02 Å². The number of anilines is 1. The number of nitrogen functional groups attached to an aromatic ring is 1. The van der Waals surface area contributed by atoms with Crippen molar-refractivity contribution in [3.63, 3.8) is 0 Å². The average Bonchev–Trinajstić information content (AvgIpc) is 2.42. The van der Waals surface area contributed by atoms with Crippen LogP contribution >= 0.6 is 11.6 Å². The van der Waals surface area contributed by atoms with Gasteiger partial charge >= 0.3 is 0 Å². The third kappa shape index (κ3) is 3.89. The van der Waals surface area contributed by atoms with Crippen LogP contribution in [-0.2, 0) is 13.1 Å². The molecular weight excluding hydrogens is 262 g/mol. The highest BCUT2D eigenvalue weighted by molar-refractivity contribution is 6.31. The van der Waals surface area contributed by atoms with E-state index in [9.17, 15) is 0 Å². The van der Waals surface area contributed by atoms with Crippen LogP contribution in [0.4, 0.5) is 5.82 Å². The predicted octanol–water partition coefficient (Wildman–Crippen LogP) is 2.05. The second-order valence-corrected chi connectivity index (χ2v) is 4.70. The quantitative estimate of drug-likeness (QED) is 0.647. The lowest BCUT2D eigenvalue weighted by atomic mass is 10.2. The second-order valence-electron chi connectivity index (χ2n) is 4.30. The first kappa shape index (κ1) is 13.7. The molecule has 0 saturated carbocycles. The van der Waals surface area contributed by atoms with E-state index in [4.69, 9.17) is 17.4 Å². The van der Waals surface area contributed by atoms with Gasteiger partial charge in [-0.2, -0.15) is 0 Å². The molecule has 100 valence electrons. The van der Waals surface area contributed by atoms with Crippen LogP contribution in [0.1, 0.15) is 11.3 Å². The lowest BCUT2D eigenvalue weighted by Gasteiger charge is -2.17. The Bertz CT molecular complexity index is 532. The number of hydrogen-bond donors (Lipinski definition) is 2. The summed E-state index contributed by atoms with van der Waals surface area (Å²) in [5, 5.41) is 0.639. The molecule has 0 spiro atoms. The summed E-state index contributed by atoms with van der Waals surface area (Å²) in [4.78, 5) is 10.5. The molecular formula is C13H16ClN5. The van der Waals surface area contributed by atoms with E-state index in [1.54, 1.807) is 24.5 Å². The lowest BCUT2D eigenvalue weighted by Crippen LogP contribution is -2.19. The first-order valence-electron chi connectivity index (χ1n) is 5.88. The van der Waals surface area contributed by atoms with E-state index in [1.807, 2.05) is 19.2 Å². The van der Waals surface area contributed by atoms with Gasteiger partial charge in [-0.15, -0.1) is 0 Å². The molecule has 0 aromatic carbocycles. The van der Waals surface area contributed by atoms with Crippen molar-refractivity contribution in [1.82, 2.24) is 14.9 Å². The molecule has 6 heteroatoms. The maximum Gasteiger partial charge on any atom is 0.140 e. The van der Waals surface area contributed by atoms with E-state index in [-0.39, 0.29) is 0 Å². The Morgan fingerprint density at radius 2 is 1.95 bits per heavy atom. The van der Waals surface area contributed by atoms with Crippen LogP contribution in [0.25, 0.3) is 0 Å². The molecule has 0 bridgehead atoms. The molecule has 2 aromatic rings. The highest BCUT2D eigenvalue weighted by atomic mass is 35.5. The van der Waals surface area contributed by atoms with Crippen molar-refractivity contribution in [2.24, 2.45) is 5.84 Å². The highest BCUT2D eigenvalue weighted by Crippen LogP contribution is 2.18. The molecule has 0 aliphatic rings. The fourth-order valence-corrected chi connectivity index (χ4v) is 1.95. The fraction of sp³-hybridized carbons (Fsp3) is 0.231. The van der Waals surface area contributed by atoms with Gasteiger partial charge < -0.3 is 5.43 Å². The van der Waals surface area contributed by atoms with Gasteiger partial charge in [-0.05, 0) is 36.9 Å². The Morgan fingerprint density at radius 1 is 1.21 bits per heavy atom. The van der Waals surface area contributed by atoms with Gasteiger partial charge in [0.2, 0.25) is 0 Å². The summed E-state index contributed by atoms with van der Waals surface area (Å²) in [6.07, 6.45) is 3.57. The lowest BCUT2D eigenvalue weighted by molar-refractivity contribution is 0.315. The summed E-state index contributed by atoms with van der Waals surface area (Å²) in [5.41, 5.74) is 4.52. The largest absolute Gasteiger partial charge is 0.308 e. The average molecular weight is 278 g/mol. The third-order valence-electron chi connectivity index (χ3n) is 2.69. The van der Waals surface area contributed by atoms with Gasteiger partial charge in [-0.1, -0.05) is 11.6 Å². The van der Waals surface area contributed by atoms with Gasteiger partial charge in [0.15, 0.2) is 0 Å². The van der Waals surface area contributed by atoms with Crippen molar-refractivity contribution in [2.75, 3.05) is 12.5 Å². The summed E-state index contributed by atoms with van der Waals surface area (Å²) >= 11 is 6.13. The summed E-state index contributed by atoms with van der Waals surface area (Å²) in [6, 6.07) is 7.51. The zero-order valence-electron chi connectivity index (χ0n) is 10.7. The van der Waals surface area contributed by atoms with E-state index < -0.39 is 0 Å². The van der Waals surface area contributed by atoms with Crippen molar-refractivity contribution < 1.29 is 0 Å². The summed E-state index contributed by atoms with van der Waals surface area (Å²) in [6.45, 7) is 1.46. The number of rotatable bonds is 5. The van der Waals surface area contributed by atoms with E-state index in [2.05, 4.69) is 20.3 Å². The van der Waals surface area contributed by atoms with Gasteiger partial charge in [0.05, 0.1) is 10.7 Å². The van der Waals surface area contributed by atoms with Crippen LogP contribution < -0.4 is 11.3 Å². The van der Waals surface area contributed by atoms with Crippen molar-refractivity contribution in [3.8, 4) is 0 Å². The van der Waals surface area contributed by atoms with E-state index in [0.29, 0.717) is 17.4 Å². The molecule has 0 saturated heterocycles. The Hall–Kier alpha value is -1.69. The molecule has 0 radical (unpaired) electrons. The first-order chi connectivity index (χ1) is 9.19. The normalized spacial score (nSPS) is 10.7. The molecule has 2 heterocycles. The number of nitrogens with one attached hydrogen (secondary N) is 1. The van der Waals surface area contributed by atoms with Crippen LogP contribution in [0, 0.1) is 0 Å². The summed E-state index contributed by atoms with van der Waals surface area (Å²) < 4.78 is 0. The topological polar surface area (TPSA) is 67.1 Å². The fourth-order valence-electron chi connectivity index (χ4n) is 1.79. The monoisotopic (exact) mass is 277 g/mol. The van der Waals surface area contributed by atoms with E-state index in [0.717, 1.165) is 12.2 Å². The molecule has 2 aromatic heterocycles. The molecule has 19 heavy (non-hydrogen) atoms. The number of pyridine rings is 2. The smallest absolute Gasteiger partial charge is 0.140 e. The third-order valence-corrected chi connectivity index (χ3v) is 3.03. The number of nitrogens with zero attached hydrogens (tertiary/aromatic N) is 3. The predicted molar refractivity (Wildman–Crippen MR) is 76.5 cm³/mol. The summed E-state index contributed by atoms with van der Waals surface area (Å²) in [5.74, 6) is 5.96. The van der Waals surface area contributed by atoms with Crippen LogP contribution in [0.3, 0.4) is 0 Å². The Morgan fingerprint density at radius 3 is 2.63 bits per heavy atom. The maximum absolute atomic E-state index is 6.13. The summed E-state index contributed by atoms with van der Waals surface area (Å²) in [7, 11) is 2.01. The van der Waals surface area contributed by atoms with E-state index in [1.165, 1.54) is 5.56 Å². The van der Waals surface area contributed by atoms with Gasteiger partial charge in [0, 0.05) is 25.5 Å². The number of hydrogen-bond acceptors (Lipinski definition) is 5. The molecule has 0 fully saturated rings. The van der Waals surface area contributed by atoms with Crippen molar-refractivity contribution in [2.45, 2.75) is 13.1 Å². The van der Waals surface area contributed by atoms with Gasteiger partial charge in [-0.25, -0.2) is 10.8 Å². The second kappa shape index (κ2) is 6.47. The van der Waals surface area contributed by atoms with Crippen LogP contribution in [-0.4, -0.2) is 21.9 Å². The van der Waals surface area contributed by atoms with Crippen molar-refractivity contribution in [3.05, 3.63) is 52.9 Å². The van der Waals surface area contributed by atoms with E-state index >= 15 is 0 Å². The molecule has 0 atom stereocenters. The minimum absolute atomic E-state index is 0.608. The zero-order chi connectivity index (χ0) is 13.7. The standard InChI is InChI=1S/C13H16ClN5/c1-19(8-10-4-6-16-7-5-10)9-12-11(14)2-3-13(17-12)18-15/h2-7H,8-9,15H2,1H3,(H,17,18). The number of nitrogens with two attached hydrogens (primary N) is 1. The molecule has 2 rings (SSSR count). The van der Waals surface area contributed by atoms with Gasteiger partial charge in [0.25, 0.3) is 0 Å². The number of hydrazine groups is 1. The van der Waals surface area contributed by atoms with Crippen molar-refractivity contribution in [1.29, 1.82) is 0 Å². The molecule has 0 unspecified atom stereocenters. The number of halogens is 1. The first-order valence-corrected chi connectivity index (χ1v) is 6.26. The molecule has 0 aliphatic heterocycles. The Balaban J connectivity index is 2.04. The minimum atomic E-state index is 0.608. The van der Waals surface area contributed by atoms with Gasteiger partial charge in [-0.3, -0.25) is 9.88 Å². The van der Waals surface area contributed by atoms with Crippen molar-refractivity contribution >= 4 is 17.4 Å². The zero-order valence-corrected chi connectivity index (χ0v) is 11.4. The maximum atomic E-state index is 6.13. The van der Waals surface area contributed by atoms with Crippen LogP contribution in [0.15, 0.2) is 36.7 Å². The SMILES string of the molecule is CN(Cc1ccncc1)Cc1nc(NN)ccc1Cl. The molecule has 0 amide bonds. The van der Waals surface area contributed by atoms with Gasteiger partial charge in [0.1, 0.15) is 5.82 Å². The molecule has 5 nitrogen and oxygen atoms in total. The molecule has 0 aliphatic carbocycles. The number of aromatic nitrogens is 2.